The molecule has 1 saturated carbocycles. The van der Waals surface area contributed by atoms with Crippen LogP contribution in [-0.4, -0.2) is 39.0 Å². The molecule has 2 aromatic carbocycles. The van der Waals surface area contributed by atoms with Gasteiger partial charge in [0.15, 0.2) is 0 Å². The van der Waals surface area contributed by atoms with E-state index in [1.165, 1.54) is 9.47 Å². The van der Waals surface area contributed by atoms with E-state index in [0.717, 1.165) is 35.4 Å². The molecule has 2 aromatic heterocycles. The predicted octanol–water partition coefficient (Wildman–Crippen LogP) is 3.75. The number of likely N-dealkylation sites (N-methyl/N-ethyl adjacent to an activating group) is 1. The van der Waals surface area contributed by atoms with Gasteiger partial charge in [-0.05, 0) is 41.7 Å². The van der Waals surface area contributed by atoms with Crippen molar-refractivity contribution in [1.82, 2.24) is 19.0 Å². The van der Waals surface area contributed by atoms with Crippen LogP contribution in [0.5, 0.6) is 0 Å². The minimum absolute atomic E-state index is 0.00128. The van der Waals surface area contributed by atoms with Crippen LogP contribution in [0.15, 0.2) is 65.6 Å². The summed E-state index contributed by atoms with van der Waals surface area (Å²) in [5.41, 5.74) is 4.56. The lowest BCUT2D eigenvalue weighted by atomic mass is 9.99. The number of aromatic nitrogens is 3. The average Bonchev–Trinajstić information content (AvgIpc) is 3.63. The topological polar surface area (TPSA) is 83.9 Å². The number of amides is 1. The first-order valence-electron chi connectivity index (χ1n) is 11.3. The Labute approximate surface area is 197 Å². The highest BCUT2D eigenvalue weighted by molar-refractivity contribution is 5.78. The molecule has 5 rings (SSSR count). The van der Waals surface area contributed by atoms with E-state index in [1.54, 1.807) is 20.3 Å². The van der Waals surface area contributed by atoms with Gasteiger partial charge < -0.3 is 14.0 Å². The number of nitrogens with zero attached hydrogens (tertiary/aromatic N) is 5. The van der Waals surface area contributed by atoms with Crippen LogP contribution >= 0.6 is 0 Å². The number of imidazole rings is 1. The predicted molar refractivity (Wildman–Crippen MR) is 130 cm³/mol. The Balaban J connectivity index is 1.53. The van der Waals surface area contributed by atoms with E-state index in [2.05, 4.69) is 6.07 Å². The van der Waals surface area contributed by atoms with E-state index in [1.807, 2.05) is 59.2 Å². The van der Waals surface area contributed by atoms with Gasteiger partial charge in [-0.2, -0.15) is 5.26 Å². The van der Waals surface area contributed by atoms with Gasteiger partial charge in [-0.25, -0.2) is 4.98 Å². The minimum Gasteiger partial charge on any atom is -0.347 e. The standard InChI is InChI=1S/C27H25N5O2/c1-30(2)24(33)17-31-14-13-23-25(27(31)34)32(26(29-23)20-11-12-20)16-18-7-9-19(10-8-18)22-6-4-3-5-21(22)15-28/h3-10,13-14,20H,11-12,16-17H2,1-2H3. The second-order valence-electron chi connectivity index (χ2n) is 8.96. The molecular formula is C27H25N5O2. The van der Waals surface area contributed by atoms with Gasteiger partial charge in [-0.15, -0.1) is 0 Å². The molecule has 0 aliphatic heterocycles. The smallest absolute Gasteiger partial charge is 0.277 e. The highest BCUT2D eigenvalue weighted by Gasteiger charge is 2.30. The van der Waals surface area contributed by atoms with E-state index in [-0.39, 0.29) is 18.0 Å². The first-order chi connectivity index (χ1) is 16.5. The lowest BCUT2D eigenvalue weighted by Gasteiger charge is -2.13. The molecule has 0 bridgehead atoms. The fourth-order valence-electron chi connectivity index (χ4n) is 4.22. The van der Waals surface area contributed by atoms with Crippen molar-refractivity contribution in [3.8, 4) is 17.2 Å². The van der Waals surface area contributed by atoms with Gasteiger partial charge >= 0.3 is 0 Å². The third-order valence-electron chi connectivity index (χ3n) is 6.30. The lowest BCUT2D eigenvalue weighted by molar-refractivity contribution is -0.129. The van der Waals surface area contributed by atoms with Crippen LogP contribution in [0.25, 0.3) is 22.2 Å². The fraction of sp³-hybridized carbons (Fsp3) is 0.259. The van der Waals surface area contributed by atoms with E-state index in [4.69, 9.17) is 4.98 Å². The second kappa shape index (κ2) is 8.64. The maximum Gasteiger partial charge on any atom is 0.277 e. The number of carbonyl (C=O) groups is 1. The average molecular weight is 452 g/mol. The number of carbonyl (C=O) groups excluding carboxylic acids is 1. The van der Waals surface area contributed by atoms with E-state index >= 15 is 0 Å². The summed E-state index contributed by atoms with van der Waals surface area (Å²) >= 11 is 0. The van der Waals surface area contributed by atoms with Gasteiger partial charge in [0.05, 0.1) is 17.1 Å². The molecule has 34 heavy (non-hydrogen) atoms. The van der Waals surface area contributed by atoms with Gasteiger partial charge in [-0.1, -0.05) is 42.5 Å². The van der Waals surface area contributed by atoms with Gasteiger partial charge in [0.25, 0.3) is 5.56 Å². The zero-order valence-corrected chi connectivity index (χ0v) is 19.2. The lowest BCUT2D eigenvalue weighted by Crippen LogP contribution is -2.31. The summed E-state index contributed by atoms with van der Waals surface area (Å²) < 4.78 is 3.48. The minimum atomic E-state index is -0.202. The normalized spacial score (nSPS) is 13.1. The maximum absolute atomic E-state index is 13.4. The molecule has 170 valence electrons. The van der Waals surface area contributed by atoms with Crippen LogP contribution in [0.2, 0.25) is 0 Å². The summed E-state index contributed by atoms with van der Waals surface area (Å²) in [4.78, 5) is 31.9. The molecule has 1 amide bonds. The summed E-state index contributed by atoms with van der Waals surface area (Å²) in [7, 11) is 3.36. The number of pyridine rings is 1. The van der Waals surface area contributed by atoms with Gasteiger partial charge in [0, 0.05) is 32.8 Å². The van der Waals surface area contributed by atoms with Crippen LogP contribution in [0, 0.1) is 11.3 Å². The van der Waals surface area contributed by atoms with Crippen LogP contribution in [0.3, 0.4) is 0 Å². The number of rotatable bonds is 6. The molecular weight excluding hydrogens is 426 g/mol. The first kappa shape index (κ1) is 21.7. The van der Waals surface area contributed by atoms with Gasteiger partial charge in [0.1, 0.15) is 17.9 Å². The molecule has 7 nitrogen and oxygen atoms in total. The molecule has 1 aliphatic carbocycles. The Morgan fingerprint density at radius 2 is 1.85 bits per heavy atom. The maximum atomic E-state index is 13.4. The zero-order chi connectivity index (χ0) is 23.8. The number of fused-ring (bicyclic) bond motifs is 1. The Morgan fingerprint density at radius 1 is 1.12 bits per heavy atom. The van der Waals surface area contributed by atoms with E-state index in [9.17, 15) is 14.9 Å². The number of hydrogen-bond donors (Lipinski definition) is 0. The molecule has 0 atom stereocenters. The van der Waals surface area contributed by atoms with Gasteiger partial charge in [-0.3, -0.25) is 9.59 Å². The molecule has 0 spiro atoms. The molecule has 1 aliphatic rings. The van der Waals surface area contributed by atoms with E-state index < -0.39 is 0 Å². The SMILES string of the molecule is CN(C)C(=O)Cn1ccc2nc(C3CC3)n(Cc3ccc(-c4ccccc4C#N)cc3)c2c1=O. The molecule has 0 N–H and O–H groups in total. The quantitative estimate of drug-likeness (QED) is 0.447. The summed E-state index contributed by atoms with van der Waals surface area (Å²) in [6.07, 6.45) is 3.79. The summed E-state index contributed by atoms with van der Waals surface area (Å²) in [6.45, 7) is 0.516. The highest BCUT2D eigenvalue weighted by Crippen LogP contribution is 2.40. The highest BCUT2D eigenvalue weighted by atomic mass is 16.2. The summed E-state index contributed by atoms with van der Waals surface area (Å²) in [5, 5.41) is 9.41. The fourth-order valence-corrected chi connectivity index (χ4v) is 4.22. The van der Waals surface area contributed by atoms with Crippen LogP contribution < -0.4 is 5.56 Å². The van der Waals surface area contributed by atoms with Gasteiger partial charge in [0.2, 0.25) is 5.91 Å². The second-order valence-corrected chi connectivity index (χ2v) is 8.96. The van der Waals surface area contributed by atoms with Crippen molar-refractivity contribution in [3.63, 3.8) is 0 Å². The molecule has 7 heteroatoms. The molecule has 0 radical (unpaired) electrons. The zero-order valence-electron chi connectivity index (χ0n) is 19.2. The van der Waals surface area contributed by atoms with E-state index in [0.29, 0.717) is 29.1 Å². The number of nitriles is 1. The van der Waals surface area contributed by atoms with Crippen molar-refractivity contribution in [2.45, 2.75) is 31.8 Å². The summed E-state index contributed by atoms with van der Waals surface area (Å²) in [6, 6.07) is 19.7. The van der Waals surface area contributed by atoms with Crippen LogP contribution in [0.4, 0.5) is 0 Å². The number of hydrogen-bond acceptors (Lipinski definition) is 4. The Kier molecular flexibility index (Phi) is 5.50. The van der Waals surface area contributed by atoms with Crippen LogP contribution in [-0.2, 0) is 17.9 Å². The molecule has 2 heterocycles. The molecule has 4 aromatic rings. The first-order valence-corrected chi connectivity index (χ1v) is 11.3. The molecule has 0 saturated heterocycles. The van der Waals surface area contributed by atoms with Crippen molar-refractivity contribution in [1.29, 1.82) is 5.26 Å². The van der Waals surface area contributed by atoms with Crippen molar-refractivity contribution in [2.75, 3.05) is 14.1 Å². The largest absolute Gasteiger partial charge is 0.347 e. The monoisotopic (exact) mass is 451 g/mol. The summed E-state index contributed by atoms with van der Waals surface area (Å²) in [5.74, 6) is 1.16. The van der Waals surface area contributed by atoms with Crippen molar-refractivity contribution < 1.29 is 4.79 Å². The number of benzene rings is 2. The Bertz CT molecular complexity index is 1480. The van der Waals surface area contributed by atoms with Crippen molar-refractivity contribution in [2.24, 2.45) is 0 Å². The van der Waals surface area contributed by atoms with Crippen molar-refractivity contribution >= 4 is 16.9 Å². The Morgan fingerprint density at radius 3 is 2.53 bits per heavy atom. The third kappa shape index (κ3) is 3.99. The third-order valence-corrected chi connectivity index (χ3v) is 6.30. The van der Waals surface area contributed by atoms with Crippen LogP contribution in [0.1, 0.15) is 35.7 Å². The Hall–Kier alpha value is -4.18. The molecule has 0 unspecified atom stereocenters. The molecule has 1 fully saturated rings. The van der Waals surface area contributed by atoms with Crippen molar-refractivity contribution in [3.05, 3.63) is 88.1 Å².